The van der Waals surface area contributed by atoms with E-state index in [-0.39, 0.29) is 30.3 Å². The van der Waals surface area contributed by atoms with Gasteiger partial charge in [0.25, 0.3) is 0 Å². The standard InChI is InChI=1S/C19H25N5OS2.ClH/c1-11(2)9-14(10-25)21-16-15-17(22-18(20)27-15)24-19(23-16)26-12(3)13-7-5-4-6-8-13;/h4-8,11-12,14,25H,9-10H2,1-3H3,(H3,20,21,22,23,24);1H. The van der Waals surface area contributed by atoms with E-state index in [2.05, 4.69) is 48.2 Å². The van der Waals surface area contributed by atoms with Crippen LogP contribution in [0.25, 0.3) is 10.3 Å². The first-order valence-electron chi connectivity index (χ1n) is 8.99. The largest absolute Gasteiger partial charge is 0.394 e. The number of rotatable bonds is 8. The molecule has 0 fully saturated rings. The zero-order chi connectivity index (χ0) is 19.4. The number of aliphatic hydroxyl groups excluding tert-OH is 1. The lowest BCUT2D eigenvalue weighted by atomic mass is 10.0. The SMILES string of the molecule is CC(C)CC(CO)Nc1nc(SC(C)c2ccccc2)nc2nc(N)sc12.Cl. The first-order valence-corrected chi connectivity index (χ1v) is 10.7. The highest BCUT2D eigenvalue weighted by atomic mass is 35.5. The van der Waals surface area contributed by atoms with Gasteiger partial charge in [0.1, 0.15) is 4.70 Å². The van der Waals surface area contributed by atoms with Crippen molar-refractivity contribution in [3.05, 3.63) is 35.9 Å². The second kappa shape index (κ2) is 10.2. The summed E-state index contributed by atoms with van der Waals surface area (Å²) in [6, 6.07) is 10.2. The second-order valence-corrected chi connectivity index (χ2v) is 9.22. The molecule has 6 nitrogen and oxygen atoms in total. The zero-order valence-electron chi connectivity index (χ0n) is 16.1. The molecule has 0 bridgehead atoms. The lowest BCUT2D eigenvalue weighted by Gasteiger charge is -2.19. The number of nitrogens with two attached hydrogens (primary N) is 1. The minimum Gasteiger partial charge on any atom is -0.394 e. The number of thioether (sulfide) groups is 1. The van der Waals surface area contributed by atoms with Crippen LogP contribution >= 0.6 is 35.5 Å². The average molecular weight is 440 g/mol. The fraction of sp³-hybridized carbons (Fsp3) is 0.421. The van der Waals surface area contributed by atoms with Crippen LogP contribution in [-0.2, 0) is 0 Å². The number of thiazole rings is 1. The molecule has 2 atom stereocenters. The number of anilines is 2. The smallest absolute Gasteiger partial charge is 0.192 e. The van der Waals surface area contributed by atoms with Gasteiger partial charge >= 0.3 is 0 Å². The summed E-state index contributed by atoms with van der Waals surface area (Å²) in [5.74, 6) is 1.15. The Kier molecular flexibility index (Phi) is 8.30. The Balaban J connectivity index is 0.00000280. The van der Waals surface area contributed by atoms with Gasteiger partial charge in [-0.2, -0.15) is 0 Å². The lowest BCUT2D eigenvalue weighted by molar-refractivity contribution is 0.259. The molecule has 0 aliphatic carbocycles. The maximum Gasteiger partial charge on any atom is 0.192 e. The predicted octanol–water partition coefficient (Wildman–Crippen LogP) is 4.76. The first-order chi connectivity index (χ1) is 13.0. The van der Waals surface area contributed by atoms with Crippen LogP contribution in [0.1, 0.15) is 38.0 Å². The minimum atomic E-state index is -0.0733. The van der Waals surface area contributed by atoms with Crippen LogP contribution in [0.3, 0.4) is 0 Å². The van der Waals surface area contributed by atoms with Gasteiger partial charge in [0, 0.05) is 5.25 Å². The topological polar surface area (TPSA) is 97.0 Å². The highest BCUT2D eigenvalue weighted by Gasteiger charge is 2.18. The van der Waals surface area contributed by atoms with Crippen molar-refractivity contribution in [2.45, 2.75) is 43.6 Å². The van der Waals surface area contributed by atoms with E-state index in [9.17, 15) is 5.11 Å². The van der Waals surface area contributed by atoms with E-state index in [4.69, 9.17) is 10.7 Å². The summed E-state index contributed by atoms with van der Waals surface area (Å²) in [7, 11) is 0. The van der Waals surface area contributed by atoms with Gasteiger partial charge in [-0.1, -0.05) is 67.3 Å². The summed E-state index contributed by atoms with van der Waals surface area (Å²) in [6.07, 6.45) is 0.846. The normalized spacial score (nSPS) is 13.3. The second-order valence-electron chi connectivity index (χ2n) is 6.88. The Labute approximate surface area is 179 Å². The number of nitrogen functional groups attached to an aromatic ring is 1. The highest BCUT2D eigenvalue weighted by Crippen LogP contribution is 2.36. The molecule has 2 heterocycles. The van der Waals surface area contributed by atoms with E-state index >= 15 is 0 Å². The number of halogens is 1. The van der Waals surface area contributed by atoms with Crippen LogP contribution in [0.2, 0.25) is 0 Å². The van der Waals surface area contributed by atoms with Crippen molar-refractivity contribution in [3.8, 4) is 0 Å². The number of benzene rings is 1. The van der Waals surface area contributed by atoms with Crippen molar-refractivity contribution in [3.63, 3.8) is 0 Å². The van der Waals surface area contributed by atoms with E-state index in [1.165, 1.54) is 16.9 Å². The molecule has 152 valence electrons. The molecule has 2 aromatic heterocycles. The summed E-state index contributed by atoms with van der Waals surface area (Å²) in [5, 5.41) is 14.4. The van der Waals surface area contributed by atoms with Gasteiger partial charge in [-0.25, -0.2) is 15.0 Å². The van der Waals surface area contributed by atoms with Crippen molar-refractivity contribution in [2.24, 2.45) is 5.92 Å². The molecule has 4 N–H and O–H groups in total. The number of hydrogen-bond acceptors (Lipinski definition) is 8. The molecule has 0 saturated heterocycles. The van der Waals surface area contributed by atoms with E-state index in [1.807, 2.05) is 18.2 Å². The molecule has 3 aromatic rings. The Morgan fingerprint density at radius 1 is 1.14 bits per heavy atom. The van der Waals surface area contributed by atoms with Crippen LogP contribution in [0.15, 0.2) is 35.5 Å². The van der Waals surface area contributed by atoms with Gasteiger partial charge in [0.15, 0.2) is 21.8 Å². The molecule has 1 aromatic carbocycles. The summed E-state index contributed by atoms with van der Waals surface area (Å²) in [6.45, 7) is 6.44. The third kappa shape index (κ3) is 5.70. The maximum absolute atomic E-state index is 9.73. The summed E-state index contributed by atoms with van der Waals surface area (Å²) in [4.78, 5) is 13.6. The van der Waals surface area contributed by atoms with Crippen LogP contribution in [0.5, 0.6) is 0 Å². The van der Waals surface area contributed by atoms with Crippen LogP contribution in [-0.4, -0.2) is 32.7 Å². The Morgan fingerprint density at radius 3 is 2.50 bits per heavy atom. The van der Waals surface area contributed by atoms with Crippen molar-refractivity contribution in [1.82, 2.24) is 15.0 Å². The molecule has 2 unspecified atom stereocenters. The molecule has 0 amide bonds. The predicted molar refractivity (Wildman–Crippen MR) is 122 cm³/mol. The Hall–Kier alpha value is -1.61. The van der Waals surface area contributed by atoms with Gasteiger partial charge < -0.3 is 16.2 Å². The molecule has 0 radical (unpaired) electrons. The molecule has 0 saturated carbocycles. The van der Waals surface area contributed by atoms with Gasteiger partial charge in [0.05, 0.1) is 12.6 Å². The van der Waals surface area contributed by atoms with Crippen LogP contribution in [0.4, 0.5) is 10.9 Å². The molecule has 0 aliphatic rings. The number of aromatic nitrogens is 3. The van der Waals surface area contributed by atoms with Gasteiger partial charge in [-0.05, 0) is 24.8 Å². The number of hydrogen-bond donors (Lipinski definition) is 3. The van der Waals surface area contributed by atoms with E-state index in [1.54, 1.807) is 11.8 Å². The van der Waals surface area contributed by atoms with Crippen molar-refractivity contribution >= 4 is 56.8 Å². The Morgan fingerprint density at radius 2 is 1.86 bits per heavy atom. The van der Waals surface area contributed by atoms with Crippen molar-refractivity contribution in [1.29, 1.82) is 0 Å². The molecule has 0 spiro atoms. The fourth-order valence-corrected chi connectivity index (χ4v) is 4.48. The first kappa shape index (κ1) is 22.7. The van der Waals surface area contributed by atoms with E-state index < -0.39 is 0 Å². The van der Waals surface area contributed by atoms with Gasteiger partial charge in [-0.15, -0.1) is 12.4 Å². The van der Waals surface area contributed by atoms with Crippen molar-refractivity contribution < 1.29 is 5.11 Å². The number of aliphatic hydroxyl groups is 1. The zero-order valence-corrected chi connectivity index (χ0v) is 18.6. The third-order valence-electron chi connectivity index (χ3n) is 4.12. The Bertz CT molecular complexity index is 891. The average Bonchev–Trinajstić information content (AvgIpc) is 3.02. The van der Waals surface area contributed by atoms with E-state index in [0.717, 1.165) is 11.1 Å². The lowest BCUT2D eigenvalue weighted by Crippen LogP contribution is -2.26. The quantitative estimate of drug-likeness (QED) is 0.343. The molecule has 9 heteroatoms. The molecule has 0 aliphatic heterocycles. The van der Waals surface area contributed by atoms with Crippen molar-refractivity contribution in [2.75, 3.05) is 17.7 Å². The summed E-state index contributed by atoms with van der Waals surface area (Å²) in [5.41, 5.74) is 7.71. The van der Waals surface area contributed by atoms with E-state index in [0.29, 0.717) is 27.7 Å². The number of fused-ring (bicyclic) bond motifs is 1. The number of nitrogens with zero attached hydrogens (tertiary/aromatic N) is 3. The fourth-order valence-electron chi connectivity index (χ4n) is 2.86. The van der Waals surface area contributed by atoms with Gasteiger partial charge in [-0.3, -0.25) is 0 Å². The molecule has 3 rings (SSSR count). The van der Waals surface area contributed by atoms with Crippen LogP contribution in [0, 0.1) is 5.92 Å². The molecular formula is C19H26ClN5OS2. The monoisotopic (exact) mass is 439 g/mol. The third-order valence-corrected chi connectivity index (χ3v) is 6.02. The van der Waals surface area contributed by atoms with Gasteiger partial charge in [0.2, 0.25) is 0 Å². The molecular weight excluding hydrogens is 414 g/mol. The minimum absolute atomic E-state index is 0. The summed E-state index contributed by atoms with van der Waals surface area (Å²) >= 11 is 2.94. The number of nitrogens with one attached hydrogen (secondary N) is 1. The maximum atomic E-state index is 9.73. The highest BCUT2D eigenvalue weighted by molar-refractivity contribution is 7.99. The summed E-state index contributed by atoms with van der Waals surface area (Å²) < 4.78 is 0.825. The molecule has 28 heavy (non-hydrogen) atoms. The van der Waals surface area contributed by atoms with Crippen LogP contribution < -0.4 is 11.1 Å².